The number of aliphatic hydroxyl groups is 1. The summed E-state index contributed by atoms with van der Waals surface area (Å²) in [7, 11) is 0. The van der Waals surface area contributed by atoms with Gasteiger partial charge in [-0.2, -0.15) is 0 Å². The largest absolute Gasteiger partial charge is 0.391 e. The Balaban J connectivity index is 2.17. The molecule has 0 unspecified atom stereocenters. The van der Waals surface area contributed by atoms with Crippen LogP contribution < -0.4 is 4.90 Å². The van der Waals surface area contributed by atoms with Crippen LogP contribution >= 0.6 is 11.3 Å². The van der Waals surface area contributed by atoms with Gasteiger partial charge in [-0.3, -0.25) is 0 Å². The molecule has 1 aromatic heterocycles. The quantitative estimate of drug-likeness (QED) is 0.900. The zero-order valence-corrected chi connectivity index (χ0v) is 11.6. The van der Waals surface area contributed by atoms with Crippen LogP contribution in [0.1, 0.15) is 23.1 Å². The molecule has 0 saturated carbocycles. The summed E-state index contributed by atoms with van der Waals surface area (Å²) < 4.78 is 0. The summed E-state index contributed by atoms with van der Waals surface area (Å²) in [6, 6.07) is 10.4. The van der Waals surface area contributed by atoms with Gasteiger partial charge >= 0.3 is 0 Å². The normalized spacial score (nSPS) is 10.6. The molecule has 0 fully saturated rings. The third kappa shape index (κ3) is 2.89. The van der Waals surface area contributed by atoms with Gasteiger partial charge in [0.15, 0.2) is 5.13 Å². The van der Waals surface area contributed by atoms with E-state index in [1.807, 2.05) is 13.0 Å². The van der Waals surface area contributed by atoms with Gasteiger partial charge in [0.25, 0.3) is 0 Å². The van der Waals surface area contributed by atoms with Crippen molar-refractivity contribution in [3.63, 3.8) is 0 Å². The van der Waals surface area contributed by atoms with Crippen molar-refractivity contribution in [3.05, 3.63) is 46.5 Å². The Labute approximate surface area is 112 Å². The molecule has 4 heteroatoms. The van der Waals surface area contributed by atoms with Gasteiger partial charge < -0.3 is 10.0 Å². The van der Waals surface area contributed by atoms with Gasteiger partial charge in [-0.25, -0.2) is 4.98 Å². The van der Waals surface area contributed by atoms with Crippen molar-refractivity contribution in [3.8, 4) is 0 Å². The van der Waals surface area contributed by atoms with Gasteiger partial charge in [0.1, 0.15) is 0 Å². The van der Waals surface area contributed by atoms with E-state index in [9.17, 15) is 5.11 Å². The molecular formula is C14H18N2OS. The van der Waals surface area contributed by atoms with E-state index in [4.69, 9.17) is 0 Å². The molecule has 3 nitrogen and oxygen atoms in total. The molecule has 0 bridgehead atoms. The maximum atomic E-state index is 9.23. The highest BCUT2D eigenvalue weighted by molar-refractivity contribution is 7.15. The Morgan fingerprint density at radius 1 is 1.28 bits per heavy atom. The van der Waals surface area contributed by atoms with Crippen molar-refractivity contribution in [1.82, 2.24) is 4.98 Å². The lowest BCUT2D eigenvalue weighted by atomic mass is 10.2. The van der Waals surface area contributed by atoms with Gasteiger partial charge in [-0.1, -0.05) is 41.7 Å². The van der Waals surface area contributed by atoms with Crippen LogP contribution in [0.15, 0.2) is 30.3 Å². The third-order valence-electron chi connectivity index (χ3n) is 2.89. The third-order valence-corrected chi connectivity index (χ3v) is 4.10. The predicted molar refractivity (Wildman–Crippen MR) is 75.9 cm³/mol. The van der Waals surface area contributed by atoms with Crippen molar-refractivity contribution >= 4 is 16.5 Å². The molecule has 0 aliphatic carbocycles. The van der Waals surface area contributed by atoms with Crippen LogP contribution in [0.3, 0.4) is 0 Å². The van der Waals surface area contributed by atoms with Crippen molar-refractivity contribution < 1.29 is 5.11 Å². The standard InChI is InChI=1S/C14H18N2OS/c1-3-16(9-12-7-5-4-6-8-12)14-15-11(2)13(10-17)18-14/h4-8,17H,3,9-10H2,1-2H3. The van der Waals surface area contributed by atoms with Crippen molar-refractivity contribution in [2.75, 3.05) is 11.4 Å². The molecule has 0 radical (unpaired) electrons. The highest BCUT2D eigenvalue weighted by Gasteiger charge is 2.12. The number of hydrogen-bond acceptors (Lipinski definition) is 4. The van der Waals surface area contributed by atoms with Gasteiger partial charge in [0.2, 0.25) is 0 Å². The average molecular weight is 262 g/mol. The monoisotopic (exact) mass is 262 g/mol. The maximum Gasteiger partial charge on any atom is 0.186 e. The Hall–Kier alpha value is -1.39. The molecule has 0 saturated heterocycles. The smallest absolute Gasteiger partial charge is 0.186 e. The van der Waals surface area contributed by atoms with Crippen LogP contribution in [0, 0.1) is 6.92 Å². The number of hydrogen-bond donors (Lipinski definition) is 1. The summed E-state index contributed by atoms with van der Waals surface area (Å²) >= 11 is 1.58. The molecule has 2 rings (SSSR count). The number of aliphatic hydroxyl groups excluding tert-OH is 1. The molecule has 0 spiro atoms. The number of aromatic nitrogens is 1. The van der Waals surface area contributed by atoms with E-state index in [0.29, 0.717) is 0 Å². The Morgan fingerprint density at radius 3 is 2.56 bits per heavy atom. The Bertz CT molecular complexity index is 496. The Morgan fingerprint density at radius 2 is 2.00 bits per heavy atom. The zero-order valence-electron chi connectivity index (χ0n) is 10.8. The fraction of sp³-hybridized carbons (Fsp3) is 0.357. The Kier molecular flexibility index (Phi) is 4.33. The van der Waals surface area contributed by atoms with E-state index < -0.39 is 0 Å². The number of thiazole rings is 1. The second-order valence-corrected chi connectivity index (χ2v) is 5.22. The minimum atomic E-state index is 0.0758. The van der Waals surface area contributed by atoms with Crippen LogP contribution in [0.5, 0.6) is 0 Å². The van der Waals surface area contributed by atoms with E-state index in [0.717, 1.165) is 28.8 Å². The molecule has 1 heterocycles. The van der Waals surface area contributed by atoms with Crippen LogP contribution in [-0.2, 0) is 13.2 Å². The molecular weight excluding hydrogens is 244 g/mol. The molecule has 18 heavy (non-hydrogen) atoms. The first kappa shape index (κ1) is 13.1. The SMILES string of the molecule is CCN(Cc1ccccc1)c1nc(C)c(CO)s1. The second-order valence-electron chi connectivity index (χ2n) is 4.16. The maximum absolute atomic E-state index is 9.23. The molecule has 0 amide bonds. The van der Waals surface area contributed by atoms with Crippen molar-refractivity contribution in [1.29, 1.82) is 0 Å². The van der Waals surface area contributed by atoms with E-state index in [2.05, 4.69) is 41.1 Å². The van der Waals surface area contributed by atoms with Crippen LogP contribution in [0.2, 0.25) is 0 Å². The molecule has 1 N–H and O–H groups in total. The minimum absolute atomic E-state index is 0.0758. The number of rotatable bonds is 5. The fourth-order valence-corrected chi connectivity index (χ4v) is 2.80. The second kappa shape index (κ2) is 5.98. The molecule has 0 atom stereocenters. The number of anilines is 1. The van der Waals surface area contributed by atoms with Gasteiger partial charge in [-0.05, 0) is 19.4 Å². The van der Waals surface area contributed by atoms with Crippen LogP contribution in [0.4, 0.5) is 5.13 Å². The van der Waals surface area contributed by atoms with E-state index >= 15 is 0 Å². The van der Waals surface area contributed by atoms with E-state index in [1.54, 1.807) is 11.3 Å². The highest BCUT2D eigenvalue weighted by atomic mass is 32.1. The van der Waals surface area contributed by atoms with Crippen molar-refractivity contribution in [2.45, 2.75) is 27.0 Å². The molecule has 0 aliphatic rings. The number of aryl methyl sites for hydroxylation is 1. The number of nitrogens with zero attached hydrogens (tertiary/aromatic N) is 2. The first-order valence-corrected chi connectivity index (χ1v) is 6.92. The van der Waals surface area contributed by atoms with Crippen molar-refractivity contribution in [2.24, 2.45) is 0 Å². The summed E-state index contributed by atoms with van der Waals surface area (Å²) in [5.74, 6) is 0. The molecule has 96 valence electrons. The van der Waals surface area contributed by atoms with E-state index in [1.165, 1.54) is 5.56 Å². The fourth-order valence-electron chi connectivity index (χ4n) is 1.81. The first-order valence-electron chi connectivity index (χ1n) is 6.10. The summed E-state index contributed by atoms with van der Waals surface area (Å²) in [4.78, 5) is 7.72. The van der Waals surface area contributed by atoms with Gasteiger partial charge in [0, 0.05) is 13.1 Å². The van der Waals surface area contributed by atoms with Gasteiger partial charge in [0.05, 0.1) is 17.2 Å². The predicted octanol–water partition coefficient (Wildman–Crippen LogP) is 2.97. The van der Waals surface area contributed by atoms with Gasteiger partial charge in [-0.15, -0.1) is 0 Å². The summed E-state index contributed by atoms with van der Waals surface area (Å²) in [5, 5.41) is 10.2. The summed E-state index contributed by atoms with van der Waals surface area (Å²) in [6.45, 7) is 5.91. The lowest BCUT2D eigenvalue weighted by molar-refractivity contribution is 0.284. The van der Waals surface area contributed by atoms with Crippen LogP contribution in [0.25, 0.3) is 0 Å². The average Bonchev–Trinajstić information content (AvgIpc) is 2.78. The summed E-state index contributed by atoms with van der Waals surface area (Å²) in [5.41, 5.74) is 2.21. The summed E-state index contributed by atoms with van der Waals surface area (Å²) in [6.07, 6.45) is 0. The van der Waals surface area contributed by atoms with Crippen LogP contribution in [-0.4, -0.2) is 16.6 Å². The molecule has 1 aromatic carbocycles. The molecule has 0 aliphatic heterocycles. The van der Waals surface area contributed by atoms with E-state index in [-0.39, 0.29) is 6.61 Å². The number of benzene rings is 1. The minimum Gasteiger partial charge on any atom is -0.391 e. The highest BCUT2D eigenvalue weighted by Crippen LogP contribution is 2.27. The first-order chi connectivity index (χ1) is 8.74. The topological polar surface area (TPSA) is 36.4 Å². The zero-order chi connectivity index (χ0) is 13.0. The molecule has 2 aromatic rings. The lowest BCUT2D eigenvalue weighted by Crippen LogP contribution is -2.21. The lowest BCUT2D eigenvalue weighted by Gasteiger charge is -2.19.